The fourth-order valence-electron chi connectivity index (χ4n) is 5.35. The minimum Gasteiger partial charge on any atom is -0.463 e. The SMILES string of the molecule is CC(=O)N[C@@H]1[C@@H](OC(C)=O)[C@H](OC(C)=O)[C@@H](COC(C)=O)O[C@H]1n1nc(-c2ccccc2)n(C2CCCC2)c1=S. The van der Waals surface area contributed by atoms with E-state index in [0.717, 1.165) is 31.2 Å². The summed E-state index contributed by atoms with van der Waals surface area (Å²) in [4.78, 5) is 48.4. The summed E-state index contributed by atoms with van der Waals surface area (Å²) in [6, 6.07) is 8.65. The molecule has 1 aromatic carbocycles. The quantitative estimate of drug-likeness (QED) is 0.284. The van der Waals surface area contributed by atoms with E-state index < -0.39 is 54.4 Å². The van der Waals surface area contributed by atoms with Gasteiger partial charge in [-0.2, -0.15) is 0 Å². The van der Waals surface area contributed by atoms with E-state index in [1.165, 1.54) is 32.4 Å². The van der Waals surface area contributed by atoms with Gasteiger partial charge in [0.15, 0.2) is 24.3 Å². The summed E-state index contributed by atoms with van der Waals surface area (Å²) >= 11 is 5.96. The molecule has 4 rings (SSSR count). The Hall–Kier alpha value is -3.58. The van der Waals surface area contributed by atoms with E-state index in [-0.39, 0.29) is 12.6 Å². The van der Waals surface area contributed by atoms with Gasteiger partial charge in [-0.05, 0) is 25.1 Å². The molecule has 0 radical (unpaired) electrons. The molecule has 2 aromatic rings. The maximum absolute atomic E-state index is 12.4. The average molecular weight is 575 g/mol. The van der Waals surface area contributed by atoms with Gasteiger partial charge in [0.25, 0.3) is 0 Å². The fourth-order valence-corrected chi connectivity index (χ4v) is 5.73. The summed E-state index contributed by atoms with van der Waals surface area (Å²) in [6.45, 7) is 4.63. The van der Waals surface area contributed by atoms with Crippen LogP contribution in [-0.2, 0) is 38.1 Å². The molecular weight excluding hydrogens is 540 g/mol. The lowest BCUT2D eigenvalue weighted by molar-refractivity contribution is -0.239. The van der Waals surface area contributed by atoms with Crippen molar-refractivity contribution in [2.45, 2.75) is 90.0 Å². The Morgan fingerprint density at radius 3 is 2.17 bits per heavy atom. The summed E-state index contributed by atoms with van der Waals surface area (Å²) in [7, 11) is 0. The Bertz CT molecular complexity index is 1300. The molecule has 40 heavy (non-hydrogen) atoms. The van der Waals surface area contributed by atoms with Crippen molar-refractivity contribution in [2.75, 3.05) is 6.61 Å². The third kappa shape index (κ3) is 6.58. The molecule has 216 valence electrons. The molecule has 5 atom stereocenters. The minimum atomic E-state index is -1.21. The number of carbonyl (C=O) groups excluding carboxylic acids is 4. The molecule has 0 bridgehead atoms. The number of amides is 1. The molecule has 1 N–H and O–H groups in total. The molecule has 2 aliphatic rings. The molecule has 1 amide bonds. The summed E-state index contributed by atoms with van der Waals surface area (Å²) in [5.74, 6) is -1.74. The van der Waals surface area contributed by atoms with Crippen LogP contribution in [0.2, 0.25) is 0 Å². The number of carbonyl (C=O) groups is 4. The normalized spacial score (nSPS) is 24.8. The van der Waals surface area contributed by atoms with Gasteiger partial charge in [0.1, 0.15) is 18.8 Å². The Labute approximate surface area is 236 Å². The van der Waals surface area contributed by atoms with E-state index >= 15 is 0 Å². The van der Waals surface area contributed by atoms with Gasteiger partial charge in [0.2, 0.25) is 10.7 Å². The van der Waals surface area contributed by atoms with Gasteiger partial charge in [-0.1, -0.05) is 43.2 Å². The third-order valence-electron chi connectivity index (χ3n) is 6.89. The second-order valence-corrected chi connectivity index (χ2v) is 10.3. The zero-order chi connectivity index (χ0) is 29.0. The van der Waals surface area contributed by atoms with E-state index in [0.29, 0.717) is 10.6 Å². The van der Waals surface area contributed by atoms with Gasteiger partial charge in [0.05, 0.1) is 0 Å². The second kappa shape index (κ2) is 12.7. The van der Waals surface area contributed by atoms with Crippen molar-refractivity contribution in [1.82, 2.24) is 19.7 Å². The second-order valence-electron chi connectivity index (χ2n) is 9.97. The Morgan fingerprint density at radius 2 is 1.60 bits per heavy atom. The smallest absolute Gasteiger partial charge is 0.303 e. The maximum Gasteiger partial charge on any atom is 0.303 e. The summed E-state index contributed by atoms with van der Waals surface area (Å²) in [5, 5.41) is 7.66. The lowest BCUT2D eigenvalue weighted by Crippen LogP contribution is -2.64. The number of rotatable bonds is 8. The topological polar surface area (TPSA) is 140 Å². The highest BCUT2D eigenvalue weighted by atomic mass is 32.1. The number of hydrogen-bond donors (Lipinski definition) is 1. The molecule has 1 saturated carbocycles. The molecule has 12 nitrogen and oxygen atoms in total. The van der Waals surface area contributed by atoms with Gasteiger partial charge in [-0.25, -0.2) is 4.68 Å². The number of nitrogens with zero attached hydrogens (tertiary/aromatic N) is 3. The highest BCUT2D eigenvalue weighted by molar-refractivity contribution is 7.71. The number of aromatic nitrogens is 3. The van der Waals surface area contributed by atoms with Crippen LogP contribution in [0, 0.1) is 4.77 Å². The van der Waals surface area contributed by atoms with Crippen LogP contribution in [0.3, 0.4) is 0 Å². The van der Waals surface area contributed by atoms with Crippen LogP contribution in [0.1, 0.15) is 65.6 Å². The van der Waals surface area contributed by atoms with Gasteiger partial charge in [-0.15, -0.1) is 5.10 Å². The first-order valence-electron chi connectivity index (χ1n) is 13.2. The molecule has 13 heteroatoms. The number of hydrogen-bond acceptors (Lipinski definition) is 10. The number of esters is 3. The first-order chi connectivity index (χ1) is 19.1. The van der Waals surface area contributed by atoms with Crippen molar-refractivity contribution in [3.63, 3.8) is 0 Å². The highest BCUT2D eigenvalue weighted by Crippen LogP contribution is 2.37. The van der Waals surface area contributed by atoms with E-state index in [4.69, 9.17) is 36.3 Å². The van der Waals surface area contributed by atoms with Crippen molar-refractivity contribution >= 4 is 36.0 Å². The molecule has 1 saturated heterocycles. The van der Waals surface area contributed by atoms with Gasteiger partial charge in [0, 0.05) is 39.3 Å². The fraction of sp³-hybridized carbons (Fsp3) is 0.556. The molecule has 1 aliphatic heterocycles. The number of ether oxygens (including phenoxy) is 4. The Morgan fingerprint density at radius 1 is 0.975 bits per heavy atom. The first kappa shape index (κ1) is 29.4. The predicted octanol–water partition coefficient (Wildman–Crippen LogP) is 3.02. The zero-order valence-electron chi connectivity index (χ0n) is 22.9. The van der Waals surface area contributed by atoms with E-state index in [1.807, 2.05) is 34.9 Å². The van der Waals surface area contributed by atoms with E-state index in [9.17, 15) is 19.2 Å². The van der Waals surface area contributed by atoms with Crippen molar-refractivity contribution in [1.29, 1.82) is 0 Å². The molecule has 2 fully saturated rings. The molecule has 0 spiro atoms. The van der Waals surface area contributed by atoms with Crippen molar-refractivity contribution < 1.29 is 38.1 Å². The maximum atomic E-state index is 12.4. The third-order valence-corrected chi connectivity index (χ3v) is 7.27. The number of nitrogens with one attached hydrogen (secondary N) is 1. The minimum absolute atomic E-state index is 0.120. The van der Waals surface area contributed by atoms with Crippen LogP contribution in [0.5, 0.6) is 0 Å². The zero-order valence-corrected chi connectivity index (χ0v) is 23.7. The molecule has 0 unspecified atom stereocenters. The molecular formula is C27H34N4O8S. The lowest BCUT2D eigenvalue weighted by atomic mass is 9.95. The number of benzene rings is 1. The van der Waals surface area contributed by atoms with Crippen molar-refractivity contribution in [3.8, 4) is 11.4 Å². The Balaban J connectivity index is 1.87. The first-order valence-corrected chi connectivity index (χ1v) is 13.6. The van der Waals surface area contributed by atoms with E-state index in [1.54, 1.807) is 0 Å². The van der Waals surface area contributed by atoms with Crippen LogP contribution in [0.25, 0.3) is 11.4 Å². The van der Waals surface area contributed by atoms with Crippen LogP contribution in [-0.4, -0.2) is 69.1 Å². The highest BCUT2D eigenvalue weighted by Gasteiger charge is 2.52. The largest absolute Gasteiger partial charge is 0.463 e. The van der Waals surface area contributed by atoms with Crippen molar-refractivity contribution in [3.05, 3.63) is 35.1 Å². The Kier molecular flexibility index (Phi) is 9.36. The molecule has 1 aliphatic carbocycles. The molecule has 1 aromatic heterocycles. The summed E-state index contributed by atoms with van der Waals surface area (Å²) in [5.41, 5.74) is 0.844. The standard InChI is InChI=1S/C27H34N4O8S/c1-15(32)28-22-24(38-18(4)35)23(37-17(3)34)21(14-36-16(2)33)39-26(22)31-27(40)30(20-12-8-9-13-20)25(29-31)19-10-6-5-7-11-19/h5-7,10-11,20-24,26H,8-9,12-14H2,1-4H3,(H,28,32)/t21-,22-,23-,24-,26-/m1/s1. The van der Waals surface area contributed by atoms with Crippen LogP contribution >= 0.6 is 12.2 Å². The van der Waals surface area contributed by atoms with E-state index in [2.05, 4.69) is 5.32 Å². The van der Waals surface area contributed by atoms with Gasteiger partial charge in [-0.3, -0.25) is 23.7 Å². The van der Waals surface area contributed by atoms with Gasteiger partial charge >= 0.3 is 17.9 Å². The predicted molar refractivity (Wildman–Crippen MR) is 143 cm³/mol. The van der Waals surface area contributed by atoms with Gasteiger partial charge < -0.3 is 24.3 Å². The lowest BCUT2D eigenvalue weighted by Gasteiger charge is -2.45. The average Bonchev–Trinajstić information content (AvgIpc) is 3.53. The van der Waals surface area contributed by atoms with Crippen LogP contribution in [0.4, 0.5) is 0 Å². The van der Waals surface area contributed by atoms with Crippen LogP contribution in [0.15, 0.2) is 30.3 Å². The summed E-state index contributed by atoms with van der Waals surface area (Å²) < 4.78 is 26.6. The monoisotopic (exact) mass is 574 g/mol. The molecule has 2 heterocycles. The van der Waals surface area contributed by atoms with Crippen LogP contribution < -0.4 is 5.32 Å². The van der Waals surface area contributed by atoms with Crippen molar-refractivity contribution in [2.24, 2.45) is 0 Å². The summed E-state index contributed by atoms with van der Waals surface area (Å²) in [6.07, 6.45) is -0.589.